The molecule has 0 N–H and O–H groups in total. The topological polar surface area (TPSA) is 26.3 Å². The van der Waals surface area contributed by atoms with Gasteiger partial charge in [-0.2, -0.15) is 8.78 Å². The first kappa shape index (κ1) is 17.6. The van der Waals surface area contributed by atoms with Crippen molar-refractivity contribution in [2.45, 2.75) is 64.9 Å². The standard InChI is InChI=1S/C17H24F2O2/c1-2-3-4-5-6-7-8-9-16(20)14-10-12-15(13-11-14)21-17(18)19/h10-13,17H,2-9H2,1H3. The molecule has 1 aromatic rings. The summed E-state index contributed by atoms with van der Waals surface area (Å²) in [5.41, 5.74) is 0.558. The molecule has 0 atom stereocenters. The van der Waals surface area contributed by atoms with E-state index in [0.717, 1.165) is 12.8 Å². The van der Waals surface area contributed by atoms with Crippen LogP contribution in [0.15, 0.2) is 24.3 Å². The van der Waals surface area contributed by atoms with Gasteiger partial charge >= 0.3 is 6.61 Å². The van der Waals surface area contributed by atoms with Crippen LogP contribution in [0.5, 0.6) is 5.75 Å². The first-order valence-electron chi connectivity index (χ1n) is 7.71. The van der Waals surface area contributed by atoms with Gasteiger partial charge in [-0.05, 0) is 30.7 Å². The molecule has 0 saturated carbocycles. The van der Waals surface area contributed by atoms with Crippen LogP contribution in [-0.4, -0.2) is 12.4 Å². The van der Waals surface area contributed by atoms with Crippen LogP contribution < -0.4 is 4.74 Å². The van der Waals surface area contributed by atoms with Gasteiger partial charge in [-0.15, -0.1) is 0 Å². The quantitative estimate of drug-likeness (QED) is 0.392. The number of alkyl halides is 2. The summed E-state index contributed by atoms with van der Waals surface area (Å²) in [6.45, 7) is -0.643. The summed E-state index contributed by atoms with van der Waals surface area (Å²) in [6, 6.07) is 5.90. The van der Waals surface area contributed by atoms with E-state index in [-0.39, 0.29) is 11.5 Å². The van der Waals surface area contributed by atoms with Crippen molar-refractivity contribution in [3.8, 4) is 5.75 Å². The molecule has 118 valence electrons. The molecule has 0 spiro atoms. The molecule has 0 aliphatic heterocycles. The number of benzene rings is 1. The normalized spacial score (nSPS) is 10.9. The molecule has 0 radical (unpaired) electrons. The number of ether oxygens (including phenoxy) is 1. The smallest absolute Gasteiger partial charge is 0.387 e. The van der Waals surface area contributed by atoms with E-state index in [1.807, 2.05) is 0 Å². The van der Waals surface area contributed by atoms with Crippen molar-refractivity contribution in [1.82, 2.24) is 0 Å². The van der Waals surface area contributed by atoms with Crippen LogP contribution in [0, 0.1) is 0 Å². The van der Waals surface area contributed by atoms with Crippen LogP contribution >= 0.6 is 0 Å². The minimum Gasteiger partial charge on any atom is -0.435 e. The zero-order valence-electron chi connectivity index (χ0n) is 12.6. The highest BCUT2D eigenvalue weighted by molar-refractivity contribution is 5.96. The third kappa shape index (κ3) is 7.78. The fourth-order valence-electron chi connectivity index (χ4n) is 2.21. The number of rotatable bonds is 11. The summed E-state index contributed by atoms with van der Waals surface area (Å²) in [6.07, 6.45) is 8.69. The van der Waals surface area contributed by atoms with Crippen LogP contribution in [0.4, 0.5) is 8.78 Å². The number of carbonyl (C=O) groups excluding carboxylic acids is 1. The predicted octanol–water partition coefficient (Wildman–Crippen LogP) is 5.61. The Morgan fingerprint density at radius 3 is 2.14 bits per heavy atom. The van der Waals surface area contributed by atoms with Gasteiger partial charge in [0, 0.05) is 12.0 Å². The number of unbranched alkanes of at least 4 members (excludes halogenated alkanes) is 6. The lowest BCUT2D eigenvalue weighted by Crippen LogP contribution is -2.03. The largest absolute Gasteiger partial charge is 0.435 e. The maximum Gasteiger partial charge on any atom is 0.387 e. The molecule has 0 aliphatic carbocycles. The SMILES string of the molecule is CCCCCCCCCC(=O)c1ccc(OC(F)F)cc1. The van der Waals surface area contributed by atoms with Crippen molar-refractivity contribution in [3.63, 3.8) is 0 Å². The van der Waals surface area contributed by atoms with E-state index >= 15 is 0 Å². The lowest BCUT2D eigenvalue weighted by atomic mass is 10.0. The third-order valence-corrected chi connectivity index (χ3v) is 3.41. The minimum absolute atomic E-state index is 0.0622. The Kier molecular flexibility index (Phi) is 8.63. The molecule has 0 amide bonds. The molecular weight excluding hydrogens is 274 g/mol. The van der Waals surface area contributed by atoms with E-state index in [1.165, 1.54) is 44.2 Å². The van der Waals surface area contributed by atoms with Gasteiger partial charge < -0.3 is 4.74 Å². The Balaban J connectivity index is 2.22. The summed E-state index contributed by atoms with van der Waals surface area (Å²) in [5.74, 6) is 0.143. The molecule has 0 unspecified atom stereocenters. The van der Waals surface area contributed by atoms with Crippen molar-refractivity contribution in [2.75, 3.05) is 0 Å². The highest BCUT2D eigenvalue weighted by Crippen LogP contribution is 2.17. The Morgan fingerprint density at radius 2 is 1.57 bits per heavy atom. The number of hydrogen-bond donors (Lipinski definition) is 0. The Bertz CT molecular complexity index is 402. The maximum absolute atomic E-state index is 12.0. The van der Waals surface area contributed by atoms with Crippen molar-refractivity contribution in [3.05, 3.63) is 29.8 Å². The van der Waals surface area contributed by atoms with Crippen molar-refractivity contribution in [1.29, 1.82) is 0 Å². The summed E-state index contributed by atoms with van der Waals surface area (Å²) in [7, 11) is 0. The molecule has 0 aliphatic rings. The van der Waals surface area contributed by atoms with Gasteiger partial charge in [-0.25, -0.2) is 0 Å². The van der Waals surface area contributed by atoms with Crippen molar-refractivity contribution < 1.29 is 18.3 Å². The van der Waals surface area contributed by atoms with Gasteiger partial charge in [0.15, 0.2) is 5.78 Å². The van der Waals surface area contributed by atoms with E-state index in [1.54, 1.807) is 12.1 Å². The zero-order valence-corrected chi connectivity index (χ0v) is 12.6. The lowest BCUT2D eigenvalue weighted by Gasteiger charge is -2.05. The van der Waals surface area contributed by atoms with E-state index in [9.17, 15) is 13.6 Å². The first-order chi connectivity index (χ1) is 10.1. The number of halogens is 2. The summed E-state index contributed by atoms with van der Waals surface area (Å²) in [4.78, 5) is 11.9. The number of carbonyl (C=O) groups is 1. The molecule has 4 heteroatoms. The predicted molar refractivity (Wildman–Crippen MR) is 80.0 cm³/mol. The molecule has 0 aromatic heterocycles. The fourth-order valence-corrected chi connectivity index (χ4v) is 2.21. The van der Waals surface area contributed by atoms with Crippen LogP contribution in [0.25, 0.3) is 0 Å². The van der Waals surface area contributed by atoms with E-state index in [4.69, 9.17) is 0 Å². The van der Waals surface area contributed by atoms with Gasteiger partial charge in [-0.1, -0.05) is 45.4 Å². The second kappa shape index (κ2) is 10.3. The van der Waals surface area contributed by atoms with Crippen molar-refractivity contribution >= 4 is 5.78 Å². The highest BCUT2D eigenvalue weighted by Gasteiger charge is 2.08. The Hall–Kier alpha value is -1.45. The molecule has 21 heavy (non-hydrogen) atoms. The molecule has 0 saturated heterocycles. The van der Waals surface area contributed by atoms with E-state index < -0.39 is 6.61 Å². The number of Topliss-reactive ketones (excluding diaryl/α,β-unsaturated/α-hetero) is 1. The van der Waals surface area contributed by atoms with Gasteiger partial charge in [0.1, 0.15) is 5.75 Å². The van der Waals surface area contributed by atoms with Crippen LogP contribution in [0.2, 0.25) is 0 Å². The maximum atomic E-state index is 12.0. The van der Waals surface area contributed by atoms with E-state index in [2.05, 4.69) is 11.7 Å². The highest BCUT2D eigenvalue weighted by atomic mass is 19.3. The first-order valence-corrected chi connectivity index (χ1v) is 7.71. The third-order valence-electron chi connectivity index (χ3n) is 3.41. The van der Waals surface area contributed by atoms with Gasteiger partial charge in [-0.3, -0.25) is 4.79 Å². The molecule has 1 aromatic carbocycles. The second-order valence-electron chi connectivity index (χ2n) is 5.20. The molecule has 1 rings (SSSR count). The Morgan fingerprint density at radius 1 is 1.00 bits per heavy atom. The van der Waals surface area contributed by atoms with Gasteiger partial charge in [0.2, 0.25) is 0 Å². The average Bonchev–Trinajstić information content (AvgIpc) is 2.46. The van der Waals surface area contributed by atoms with Crippen LogP contribution in [0.1, 0.15) is 68.6 Å². The summed E-state index contributed by atoms with van der Waals surface area (Å²) in [5, 5.41) is 0. The second-order valence-corrected chi connectivity index (χ2v) is 5.20. The van der Waals surface area contributed by atoms with E-state index in [0.29, 0.717) is 12.0 Å². The summed E-state index contributed by atoms with van der Waals surface area (Å²) >= 11 is 0. The van der Waals surface area contributed by atoms with Crippen molar-refractivity contribution in [2.24, 2.45) is 0 Å². The average molecular weight is 298 g/mol. The zero-order chi connectivity index (χ0) is 15.5. The number of ketones is 1. The molecule has 2 nitrogen and oxygen atoms in total. The van der Waals surface area contributed by atoms with Crippen LogP contribution in [0.3, 0.4) is 0 Å². The summed E-state index contributed by atoms with van der Waals surface area (Å²) < 4.78 is 28.3. The minimum atomic E-state index is -2.83. The molecular formula is C17H24F2O2. The van der Waals surface area contributed by atoms with Crippen LogP contribution in [-0.2, 0) is 0 Å². The monoisotopic (exact) mass is 298 g/mol. The molecule has 0 fully saturated rings. The van der Waals surface area contributed by atoms with Gasteiger partial charge in [0.25, 0.3) is 0 Å². The number of hydrogen-bond acceptors (Lipinski definition) is 2. The Labute approximate surface area is 125 Å². The van der Waals surface area contributed by atoms with Gasteiger partial charge in [0.05, 0.1) is 0 Å². The molecule has 0 heterocycles. The fraction of sp³-hybridized carbons (Fsp3) is 0.588. The lowest BCUT2D eigenvalue weighted by molar-refractivity contribution is -0.0498. The molecule has 0 bridgehead atoms.